The fourth-order valence-corrected chi connectivity index (χ4v) is 3.66. The predicted molar refractivity (Wildman–Crippen MR) is 99.8 cm³/mol. The highest BCUT2D eigenvalue weighted by molar-refractivity contribution is 9.10. The lowest BCUT2D eigenvalue weighted by molar-refractivity contribution is -0.123. The largest absolute Gasteiger partial charge is 0.293 e. The van der Waals surface area contributed by atoms with Crippen LogP contribution in [-0.2, 0) is 11.3 Å². The van der Waals surface area contributed by atoms with E-state index in [1.165, 1.54) is 4.90 Å². The summed E-state index contributed by atoms with van der Waals surface area (Å²) in [7, 11) is 0. The number of carbonyl (C=O) groups is 2. The van der Waals surface area contributed by atoms with E-state index in [1.807, 2.05) is 48.5 Å². The van der Waals surface area contributed by atoms with Gasteiger partial charge in [-0.1, -0.05) is 62.2 Å². The first-order valence-electron chi connectivity index (χ1n) is 6.79. The average molecular weight is 453 g/mol. The second-order valence-electron chi connectivity index (χ2n) is 4.91. The third kappa shape index (κ3) is 3.76. The fraction of sp³-hybridized carbons (Fsp3) is 0.0588. The average Bonchev–Trinajstić information content (AvgIpc) is 2.79. The van der Waals surface area contributed by atoms with Crippen molar-refractivity contribution >= 4 is 60.8 Å². The van der Waals surface area contributed by atoms with Crippen molar-refractivity contribution in [2.75, 3.05) is 0 Å². The summed E-state index contributed by atoms with van der Waals surface area (Å²) in [6, 6.07) is 15.2. The van der Waals surface area contributed by atoms with Crippen LogP contribution in [0.1, 0.15) is 11.1 Å². The molecule has 0 aliphatic carbocycles. The SMILES string of the molecule is O=C1S/C(=C\c2ccc(Br)cc2)C(=O)N1Cc1ccccc1Br. The number of benzene rings is 2. The van der Waals surface area contributed by atoms with Crippen molar-refractivity contribution in [2.45, 2.75) is 6.54 Å². The molecule has 1 aliphatic rings. The third-order valence-electron chi connectivity index (χ3n) is 3.33. The first-order valence-corrected chi connectivity index (χ1v) is 9.19. The van der Waals surface area contributed by atoms with E-state index in [0.29, 0.717) is 4.91 Å². The Balaban J connectivity index is 1.82. The summed E-state index contributed by atoms with van der Waals surface area (Å²) in [5.41, 5.74) is 1.79. The zero-order valence-electron chi connectivity index (χ0n) is 11.8. The Labute approximate surface area is 155 Å². The lowest BCUT2D eigenvalue weighted by Crippen LogP contribution is -2.27. The van der Waals surface area contributed by atoms with Crippen LogP contribution in [0, 0.1) is 0 Å². The first kappa shape index (κ1) is 16.5. The minimum Gasteiger partial charge on any atom is -0.268 e. The number of nitrogens with zero attached hydrogens (tertiary/aromatic N) is 1. The van der Waals surface area contributed by atoms with Crippen molar-refractivity contribution < 1.29 is 9.59 Å². The molecule has 3 rings (SSSR count). The van der Waals surface area contributed by atoms with E-state index in [2.05, 4.69) is 31.9 Å². The monoisotopic (exact) mass is 451 g/mol. The van der Waals surface area contributed by atoms with Gasteiger partial charge in [-0.15, -0.1) is 0 Å². The number of hydrogen-bond donors (Lipinski definition) is 0. The maximum absolute atomic E-state index is 12.5. The Morgan fingerprint density at radius 1 is 1.00 bits per heavy atom. The standard InChI is InChI=1S/C17H11Br2NO2S/c18-13-7-5-11(6-8-13)9-15-16(21)20(17(22)23-15)10-12-3-1-2-4-14(12)19/h1-9H,10H2/b15-9-. The Morgan fingerprint density at radius 2 is 1.70 bits per heavy atom. The lowest BCUT2D eigenvalue weighted by atomic mass is 10.2. The van der Waals surface area contributed by atoms with Gasteiger partial charge in [0.05, 0.1) is 11.4 Å². The van der Waals surface area contributed by atoms with Gasteiger partial charge in [-0.25, -0.2) is 0 Å². The van der Waals surface area contributed by atoms with Crippen LogP contribution in [0.2, 0.25) is 0 Å². The molecule has 116 valence electrons. The molecule has 2 amide bonds. The lowest BCUT2D eigenvalue weighted by Gasteiger charge is -2.13. The fourth-order valence-electron chi connectivity index (χ4n) is 2.14. The number of amides is 2. The Morgan fingerprint density at radius 3 is 2.39 bits per heavy atom. The summed E-state index contributed by atoms with van der Waals surface area (Å²) in [6.07, 6.45) is 1.75. The number of carbonyl (C=O) groups excluding carboxylic acids is 2. The highest BCUT2D eigenvalue weighted by Crippen LogP contribution is 2.34. The Hall–Kier alpha value is -1.37. The molecule has 1 heterocycles. The Bertz CT molecular complexity index is 802. The molecular weight excluding hydrogens is 442 g/mol. The van der Waals surface area contributed by atoms with Crippen LogP contribution in [-0.4, -0.2) is 16.0 Å². The molecule has 0 radical (unpaired) electrons. The maximum Gasteiger partial charge on any atom is 0.293 e. The number of rotatable bonds is 3. The van der Waals surface area contributed by atoms with Crippen LogP contribution in [0.3, 0.4) is 0 Å². The molecule has 0 atom stereocenters. The number of hydrogen-bond acceptors (Lipinski definition) is 3. The van der Waals surface area contributed by atoms with E-state index in [-0.39, 0.29) is 17.7 Å². The van der Waals surface area contributed by atoms with Crippen LogP contribution in [0.4, 0.5) is 4.79 Å². The van der Waals surface area contributed by atoms with Crippen LogP contribution >= 0.6 is 43.6 Å². The minimum absolute atomic E-state index is 0.242. The number of halogens is 2. The molecule has 2 aromatic carbocycles. The molecule has 6 heteroatoms. The van der Waals surface area contributed by atoms with Gasteiger partial charge >= 0.3 is 0 Å². The molecule has 0 spiro atoms. The zero-order chi connectivity index (χ0) is 16.4. The van der Waals surface area contributed by atoms with Crippen molar-refractivity contribution in [3.63, 3.8) is 0 Å². The van der Waals surface area contributed by atoms with Gasteiger partial charge in [0.2, 0.25) is 0 Å². The Kier molecular flexibility index (Phi) is 5.04. The molecule has 2 aromatic rings. The van der Waals surface area contributed by atoms with Gasteiger partial charge in [0.25, 0.3) is 11.1 Å². The van der Waals surface area contributed by atoms with Crippen molar-refractivity contribution in [3.8, 4) is 0 Å². The molecular formula is C17H11Br2NO2S. The van der Waals surface area contributed by atoms with Gasteiger partial charge in [-0.05, 0) is 47.2 Å². The van der Waals surface area contributed by atoms with Gasteiger partial charge < -0.3 is 0 Å². The van der Waals surface area contributed by atoms with E-state index in [0.717, 1.165) is 31.8 Å². The molecule has 23 heavy (non-hydrogen) atoms. The van der Waals surface area contributed by atoms with Crippen LogP contribution in [0.5, 0.6) is 0 Å². The molecule has 1 fully saturated rings. The van der Waals surface area contributed by atoms with Crippen molar-refractivity contribution in [1.82, 2.24) is 4.90 Å². The summed E-state index contributed by atoms with van der Waals surface area (Å²) in [5.74, 6) is -0.251. The van der Waals surface area contributed by atoms with Gasteiger partial charge in [0.1, 0.15) is 0 Å². The van der Waals surface area contributed by atoms with Gasteiger partial charge in [0, 0.05) is 8.95 Å². The molecule has 3 nitrogen and oxygen atoms in total. The van der Waals surface area contributed by atoms with Gasteiger partial charge in [-0.3, -0.25) is 14.5 Å². The highest BCUT2D eigenvalue weighted by Gasteiger charge is 2.35. The first-order chi connectivity index (χ1) is 11.0. The quantitative estimate of drug-likeness (QED) is 0.581. The van der Waals surface area contributed by atoms with E-state index in [9.17, 15) is 9.59 Å². The van der Waals surface area contributed by atoms with Crippen molar-refractivity contribution in [1.29, 1.82) is 0 Å². The smallest absolute Gasteiger partial charge is 0.268 e. The topological polar surface area (TPSA) is 37.4 Å². The summed E-state index contributed by atoms with van der Waals surface area (Å²) in [5, 5.41) is -0.242. The molecule has 0 bridgehead atoms. The molecule has 0 unspecified atom stereocenters. The van der Waals surface area contributed by atoms with Crippen LogP contribution in [0.15, 0.2) is 62.4 Å². The summed E-state index contributed by atoms with van der Waals surface area (Å²) in [6.45, 7) is 0.268. The third-order valence-corrected chi connectivity index (χ3v) is 5.54. The normalized spacial score (nSPS) is 16.4. The summed E-state index contributed by atoms with van der Waals surface area (Å²) < 4.78 is 1.85. The van der Waals surface area contributed by atoms with Crippen LogP contribution < -0.4 is 0 Å². The van der Waals surface area contributed by atoms with E-state index >= 15 is 0 Å². The molecule has 0 N–H and O–H groups in total. The van der Waals surface area contributed by atoms with Crippen molar-refractivity contribution in [3.05, 3.63) is 73.5 Å². The molecule has 1 saturated heterocycles. The zero-order valence-corrected chi connectivity index (χ0v) is 15.8. The van der Waals surface area contributed by atoms with E-state index in [1.54, 1.807) is 6.08 Å². The summed E-state index contributed by atoms with van der Waals surface area (Å²) in [4.78, 5) is 26.4. The predicted octanol–water partition coefficient (Wildman–Crippen LogP) is 5.45. The number of imide groups is 1. The van der Waals surface area contributed by atoms with E-state index < -0.39 is 0 Å². The second-order valence-corrected chi connectivity index (χ2v) is 7.67. The summed E-state index contributed by atoms with van der Waals surface area (Å²) >= 11 is 7.79. The van der Waals surface area contributed by atoms with Crippen LogP contribution in [0.25, 0.3) is 6.08 Å². The molecule has 0 aromatic heterocycles. The second kappa shape index (κ2) is 7.03. The highest BCUT2D eigenvalue weighted by atomic mass is 79.9. The number of thioether (sulfide) groups is 1. The van der Waals surface area contributed by atoms with Crippen molar-refractivity contribution in [2.24, 2.45) is 0 Å². The van der Waals surface area contributed by atoms with Gasteiger partial charge in [-0.2, -0.15) is 0 Å². The van der Waals surface area contributed by atoms with Gasteiger partial charge in [0.15, 0.2) is 0 Å². The molecule has 0 saturated carbocycles. The van der Waals surface area contributed by atoms with E-state index in [4.69, 9.17) is 0 Å². The maximum atomic E-state index is 12.5. The molecule has 1 aliphatic heterocycles. The minimum atomic E-state index is -0.251.